The van der Waals surface area contributed by atoms with Crippen molar-refractivity contribution in [2.45, 2.75) is 33.1 Å². The zero-order chi connectivity index (χ0) is 12.4. The standard InChI is InChI=1S/C14H20O2S/c1-9-6-10(2)8-11(7-9)13(15)14-12(16-3)4-5-17-14/h4-5,9-11H,6-8H2,1-3H3. The quantitative estimate of drug-likeness (QED) is 0.760. The van der Waals surface area contributed by atoms with Gasteiger partial charge < -0.3 is 4.74 Å². The largest absolute Gasteiger partial charge is 0.495 e. The lowest BCUT2D eigenvalue weighted by molar-refractivity contribution is 0.0837. The molecule has 0 saturated heterocycles. The van der Waals surface area contributed by atoms with Crippen LogP contribution < -0.4 is 4.74 Å². The summed E-state index contributed by atoms with van der Waals surface area (Å²) in [6.07, 6.45) is 3.32. The predicted molar refractivity (Wildman–Crippen MR) is 70.9 cm³/mol. The van der Waals surface area contributed by atoms with E-state index in [0.29, 0.717) is 11.8 Å². The van der Waals surface area contributed by atoms with Crippen LogP contribution in [0.25, 0.3) is 0 Å². The zero-order valence-electron chi connectivity index (χ0n) is 10.7. The molecule has 2 atom stereocenters. The van der Waals surface area contributed by atoms with E-state index in [2.05, 4.69) is 13.8 Å². The molecule has 1 aromatic heterocycles. The highest BCUT2D eigenvalue weighted by Crippen LogP contribution is 2.37. The van der Waals surface area contributed by atoms with Gasteiger partial charge in [0.15, 0.2) is 5.78 Å². The topological polar surface area (TPSA) is 26.3 Å². The van der Waals surface area contributed by atoms with E-state index in [1.807, 2.05) is 11.4 Å². The highest BCUT2D eigenvalue weighted by atomic mass is 32.1. The van der Waals surface area contributed by atoms with Crippen molar-refractivity contribution >= 4 is 17.1 Å². The van der Waals surface area contributed by atoms with Gasteiger partial charge in [-0.2, -0.15) is 0 Å². The molecule has 2 nitrogen and oxygen atoms in total. The van der Waals surface area contributed by atoms with Gasteiger partial charge in [0, 0.05) is 5.92 Å². The van der Waals surface area contributed by atoms with E-state index in [0.717, 1.165) is 23.5 Å². The molecule has 1 aromatic rings. The molecule has 1 saturated carbocycles. The Bertz CT molecular complexity index is 387. The Morgan fingerprint density at radius 3 is 2.53 bits per heavy atom. The van der Waals surface area contributed by atoms with E-state index in [4.69, 9.17) is 4.74 Å². The van der Waals surface area contributed by atoms with Crippen molar-refractivity contribution in [3.05, 3.63) is 16.3 Å². The van der Waals surface area contributed by atoms with Gasteiger partial charge in [-0.1, -0.05) is 13.8 Å². The summed E-state index contributed by atoms with van der Waals surface area (Å²) in [5, 5.41) is 1.93. The molecular formula is C14H20O2S. The highest BCUT2D eigenvalue weighted by Gasteiger charge is 2.31. The first-order chi connectivity index (χ1) is 8.11. The molecule has 1 aliphatic carbocycles. The Morgan fingerprint density at radius 1 is 1.29 bits per heavy atom. The van der Waals surface area contributed by atoms with Gasteiger partial charge in [0.2, 0.25) is 0 Å². The first-order valence-electron chi connectivity index (χ1n) is 6.27. The Labute approximate surface area is 107 Å². The Hall–Kier alpha value is -0.830. The van der Waals surface area contributed by atoms with Gasteiger partial charge in [-0.3, -0.25) is 4.79 Å². The minimum absolute atomic E-state index is 0.196. The molecule has 94 valence electrons. The monoisotopic (exact) mass is 252 g/mol. The maximum Gasteiger partial charge on any atom is 0.179 e. The lowest BCUT2D eigenvalue weighted by Crippen LogP contribution is -2.25. The molecule has 0 N–H and O–H groups in total. The van der Waals surface area contributed by atoms with Crippen LogP contribution in [0.4, 0.5) is 0 Å². The average Bonchev–Trinajstić information content (AvgIpc) is 2.74. The first-order valence-corrected chi connectivity index (χ1v) is 7.15. The number of thiophene rings is 1. The SMILES string of the molecule is COc1ccsc1C(=O)C1CC(C)CC(C)C1. The summed E-state index contributed by atoms with van der Waals surface area (Å²) in [5.41, 5.74) is 0. The number of ketones is 1. The van der Waals surface area contributed by atoms with E-state index in [1.165, 1.54) is 17.8 Å². The number of hydrogen-bond donors (Lipinski definition) is 0. The maximum atomic E-state index is 12.5. The van der Waals surface area contributed by atoms with E-state index >= 15 is 0 Å². The molecule has 0 bridgehead atoms. The maximum absolute atomic E-state index is 12.5. The summed E-state index contributed by atoms with van der Waals surface area (Å²) in [7, 11) is 1.63. The van der Waals surface area contributed by atoms with Gasteiger partial charge in [-0.05, 0) is 42.5 Å². The van der Waals surface area contributed by atoms with Crippen LogP contribution in [0.15, 0.2) is 11.4 Å². The minimum atomic E-state index is 0.196. The average molecular weight is 252 g/mol. The van der Waals surface area contributed by atoms with Crippen molar-refractivity contribution in [3.8, 4) is 5.75 Å². The summed E-state index contributed by atoms with van der Waals surface area (Å²) >= 11 is 1.50. The van der Waals surface area contributed by atoms with Crippen LogP contribution in [0.2, 0.25) is 0 Å². The number of carbonyl (C=O) groups is 1. The Balaban J connectivity index is 2.14. The van der Waals surface area contributed by atoms with Gasteiger partial charge in [0.1, 0.15) is 10.6 Å². The molecule has 0 spiro atoms. The number of methoxy groups -OCH3 is 1. The van der Waals surface area contributed by atoms with Crippen LogP contribution >= 0.6 is 11.3 Å². The van der Waals surface area contributed by atoms with Crippen molar-refractivity contribution < 1.29 is 9.53 Å². The van der Waals surface area contributed by atoms with Crippen molar-refractivity contribution in [3.63, 3.8) is 0 Å². The summed E-state index contributed by atoms with van der Waals surface area (Å²) in [4.78, 5) is 13.3. The van der Waals surface area contributed by atoms with Gasteiger partial charge in [-0.25, -0.2) is 0 Å². The number of rotatable bonds is 3. The van der Waals surface area contributed by atoms with Gasteiger partial charge in [0.05, 0.1) is 7.11 Å². The summed E-state index contributed by atoms with van der Waals surface area (Å²) in [6.45, 7) is 4.50. The van der Waals surface area contributed by atoms with Crippen LogP contribution in [0, 0.1) is 17.8 Å². The number of Topliss-reactive ketones (excluding diaryl/α,β-unsaturated/α-hetero) is 1. The summed E-state index contributed by atoms with van der Waals surface area (Å²) in [6, 6.07) is 1.88. The second-order valence-electron chi connectivity index (χ2n) is 5.30. The van der Waals surface area contributed by atoms with Crippen molar-refractivity contribution in [2.75, 3.05) is 7.11 Å². The summed E-state index contributed by atoms with van der Waals surface area (Å²) in [5.74, 6) is 2.56. The molecule has 3 heteroatoms. The van der Waals surface area contributed by atoms with Crippen molar-refractivity contribution in [1.29, 1.82) is 0 Å². The molecule has 1 heterocycles. The minimum Gasteiger partial charge on any atom is -0.495 e. The van der Waals surface area contributed by atoms with Gasteiger partial charge in [-0.15, -0.1) is 11.3 Å². The van der Waals surface area contributed by atoms with Crippen molar-refractivity contribution in [1.82, 2.24) is 0 Å². The van der Waals surface area contributed by atoms with Crippen LogP contribution in [-0.2, 0) is 0 Å². The molecule has 0 aliphatic heterocycles. The van der Waals surface area contributed by atoms with Crippen LogP contribution in [0.5, 0.6) is 5.75 Å². The number of carbonyl (C=O) groups excluding carboxylic acids is 1. The molecule has 17 heavy (non-hydrogen) atoms. The van der Waals surface area contributed by atoms with E-state index < -0.39 is 0 Å². The van der Waals surface area contributed by atoms with Gasteiger partial charge >= 0.3 is 0 Å². The molecule has 2 rings (SSSR count). The van der Waals surface area contributed by atoms with Crippen molar-refractivity contribution in [2.24, 2.45) is 17.8 Å². The predicted octanol–water partition coefficient (Wildman–Crippen LogP) is 4.01. The molecule has 1 aliphatic rings. The van der Waals surface area contributed by atoms with E-state index in [9.17, 15) is 4.79 Å². The normalized spacial score (nSPS) is 29.0. The lowest BCUT2D eigenvalue weighted by Gasteiger charge is -2.30. The van der Waals surface area contributed by atoms with E-state index in [-0.39, 0.29) is 11.7 Å². The van der Waals surface area contributed by atoms with Gasteiger partial charge in [0.25, 0.3) is 0 Å². The van der Waals surface area contributed by atoms with Crippen LogP contribution in [-0.4, -0.2) is 12.9 Å². The Morgan fingerprint density at radius 2 is 1.94 bits per heavy atom. The van der Waals surface area contributed by atoms with E-state index in [1.54, 1.807) is 7.11 Å². The van der Waals surface area contributed by atoms with Crippen LogP contribution in [0.3, 0.4) is 0 Å². The zero-order valence-corrected chi connectivity index (χ0v) is 11.5. The van der Waals surface area contributed by atoms with Crippen LogP contribution in [0.1, 0.15) is 42.8 Å². The molecule has 0 aromatic carbocycles. The second-order valence-corrected chi connectivity index (χ2v) is 6.21. The highest BCUT2D eigenvalue weighted by molar-refractivity contribution is 7.12. The fourth-order valence-electron chi connectivity index (χ4n) is 2.98. The molecule has 1 fully saturated rings. The number of ether oxygens (including phenoxy) is 1. The smallest absolute Gasteiger partial charge is 0.179 e. The first kappa shape index (κ1) is 12.6. The third-order valence-corrected chi connectivity index (χ3v) is 4.53. The number of hydrogen-bond acceptors (Lipinski definition) is 3. The fourth-order valence-corrected chi connectivity index (χ4v) is 3.86. The Kier molecular flexibility index (Phi) is 3.87. The lowest BCUT2D eigenvalue weighted by atomic mass is 9.75. The third kappa shape index (κ3) is 2.71. The fraction of sp³-hybridized carbons (Fsp3) is 0.643. The molecule has 0 amide bonds. The third-order valence-electron chi connectivity index (χ3n) is 3.62. The molecule has 2 unspecified atom stereocenters. The summed E-state index contributed by atoms with van der Waals surface area (Å²) < 4.78 is 5.24. The molecular weight excluding hydrogens is 232 g/mol. The molecule has 0 radical (unpaired) electrons. The second kappa shape index (κ2) is 5.21.